The number of H-pyrrole nitrogens is 1. The van der Waals surface area contributed by atoms with Crippen molar-refractivity contribution < 1.29 is 4.39 Å². The number of nitrogens with one attached hydrogen (secondary N) is 2. The van der Waals surface area contributed by atoms with Crippen molar-refractivity contribution in [1.82, 2.24) is 15.2 Å². The van der Waals surface area contributed by atoms with Gasteiger partial charge in [-0.1, -0.05) is 19.1 Å². The van der Waals surface area contributed by atoms with E-state index in [1.165, 1.54) is 12.1 Å². The third-order valence-corrected chi connectivity index (χ3v) is 3.84. The van der Waals surface area contributed by atoms with Crippen LogP contribution in [0.1, 0.15) is 13.3 Å². The maximum absolute atomic E-state index is 13.2. The highest BCUT2D eigenvalue weighted by Crippen LogP contribution is 2.35. The van der Waals surface area contributed by atoms with Crippen molar-refractivity contribution >= 4 is 23.0 Å². The van der Waals surface area contributed by atoms with Gasteiger partial charge in [-0.05, 0) is 48.4 Å². The smallest absolute Gasteiger partial charge is 0.161 e. The molecule has 0 fully saturated rings. The van der Waals surface area contributed by atoms with E-state index in [1.54, 1.807) is 24.5 Å². The molecule has 0 atom stereocenters. The molecule has 0 unspecified atom stereocenters. The van der Waals surface area contributed by atoms with E-state index >= 15 is 0 Å². The maximum Gasteiger partial charge on any atom is 0.161 e. The van der Waals surface area contributed by atoms with Crippen LogP contribution >= 0.6 is 12.2 Å². The molecule has 1 aromatic carbocycles. The van der Waals surface area contributed by atoms with Crippen molar-refractivity contribution in [3.8, 4) is 22.4 Å². The summed E-state index contributed by atoms with van der Waals surface area (Å²) in [5.41, 5.74) is 3.49. The Morgan fingerprint density at radius 3 is 2.48 bits per heavy atom. The van der Waals surface area contributed by atoms with Crippen LogP contribution in [-0.4, -0.2) is 20.2 Å². The van der Waals surface area contributed by atoms with Crippen LogP contribution < -0.4 is 5.32 Å². The summed E-state index contributed by atoms with van der Waals surface area (Å²) < 4.78 is 13.2. The minimum absolute atomic E-state index is 0.274. The normalized spacial score (nSPS) is 10.5. The predicted octanol–water partition coefficient (Wildman–Crippen LogP) is 4.43. The van der Waals surface area contributed by atoms with Gasteiger partial charge in [-0.3, -0.25) is 10.1 Å². The summed E-state index contributed by atoms with van der Waals surface area (Å²) in [4.78, 5) is 4.76. The third kappa shape index (κ3) is 3.27. The summed E-state index contributed by atoms with van der Waals surface area (Å²) in [7, 11) is 0. The molecule has 0 spiro atoms. The lowest BCUT2D eigenvalue weighted by Gasteiger charge is -2.08. The fourth-order valence-electron chi connectivity index (χ4n) is 2.28. The molecule has 116 valence electrons. The average Bonchev–Trinajstić information content (AvgIpc) is 2.99. The zero-order valence-corrected chi connectivity index (χ0v) is 13.3. The largest absolute Gasteiger partial charge is 0.333 e. The molecule has 0 amide bonds. The number of aromatic nitrogens is 3. The number of thiocarbonyl (C=S) groups is 1. The molecule has 0 aliphatic carbocycles. The van der Waals surface area contributed by atoms with Crippen molar-refractivity contribution in [3.05, 3.63) is 54.6 Å². The maximum atomic E-state index is 13.2. The molecule has 0 aliphatic heterocycles. The SMILES string of the molecule is CCC(=S)Nc1n[nH]c(-c2ccc(F)cc2)c1-c1ccncc1. The lowest BCUT2D eigenvalue weighted by Crippen LogP contribution is -2.08. The Hall–Kier alpha value is -2.60. The summed E-state index contributed by atoms with van der Waals surface area (Å²) in [6, 6.07) is 10.1. The summed E-state index contributed by atoms with van der Waals surface area (Å²) in [6.07, 6.45) is 4.17. The molecule has 3 rings (SSSR count). The van der Waals surface area contributed by atoms with Gasteiger partial charge in [0.05, 0.1) is 16.2 Å². The molecule has 23 heavy (non-hydrogen) atoms. The zero-order chi connectivity index (χ0) is 16.2. The van der Waals surface area contributed by atoms with Gasteiger partial charge >= 0.3 is 0 Å². The van der Waals surface area contributed by atoms with E-state index < -0.39 is 0 Å². The molecule has 0 saturated heterocycles. The lowest BCUT2D eigenvalue weighted by atomic mass is 10.0. The van der Waals surface area contributed by atoms with Gasteiger partial charge in [0.1, 0.15) is 5.82 Å². The second kappa shape index (κ2) is 6.66. The van der Waals surface area contributed by atoms with Crippen LogP contribution in [-0.2, 0) is 0 Å². The molecule has 3 aromatic rings. The van der Waals surface area contributed by atoms with Crippen molar-refractivity contribution in [3.63, 3.8) is 0 Å². The summed E-state index contributed by atoms with van der Waals surface area (Å²) in [5, 5.41) is 10.5. The molecule has 2 aromatic heterocycles. The molecule has 4 nitrogen and oxygen atoms in total. The molecule has 0 bridgehead atoms. The number of hydrogen-bond donors (Lipinski definition) is 2. The summed E-state index contributed by atoms with van der Waals surface area (Å²) in [5.74, 6) is 0.381. The topological polar surface area (TPSA) is 53.6 Å². The van der Waals surface area contributed by atoms with Crippen LogP contribution in [0.4, 0.5) is 10.2 Å². The monoisotopic (exact) mass is 326 g/mol. The van der Waals surface area contributed by atoms with E-state index in [0.29, 0.717) is 10.8 Å². The first kappa shape index (κ1) is 15.3. The molecule has 6 heteroatoms. The Kier molecular flexibility index (Phi) is 4.43. The Bertz CT molecular complexity index is 812. The van der Waals surface area contributed by atoms with Crippen molar-refractivity contribution in [1.29, 1.82) is 0 Å². The van der Waals surface area contributed by atoms with Crippen molar-refractivity contribution in [2.75, 3.05) is 5.32 Å². The molecule has 0 aliphatic rings. The van der Waals surface area contributed by atoms with E-state index in [4.69, 9.17) is 12.2 Å². The van der Waals surface area contributed by atoms with Crippen LogP contribution in [0.25, 0.3) is 22.4 Å². The van der Waals surface area contributed by atoms with Crippen LogP contribution in [0.5, 0.6) is 0 Å². The molecular weight excluding hydrogens is 311 g/mol. The first-order chi connectivity index (χ1) is 11.2. The van der Waals surface area contributed by atoms with Crippen LogP contribution in [0.15, 0.2) is 48.8 Å². The van der Waals surface area contributed by atoms with E-state index in [-0.39, 0.29) is 5.82 Å². The van der Waals surface area contributed by atoms with E-state index in [1.807, 2.05) is 19.1 Å². The summed E-state index contributed by atoms with van der Waals surface area (Å²) >= 11 is 5.26. The number of rotatable bonds is 4. The third-order valence-electron chi connectivity index (χ3n) is 3.45. The summed E-state index contributed by atoms with van der Waals surface area (Å²) in [6.45, 7) is 1.98. The minimum atomic E-state index is -0.274. The first-order valence-electron chi connectivity index (χ1n) is 7.23. The quantitative estimate of drug-likeness (QED) is 0.697. The number of benzene rings is 1. The number of anilines is 1. The Labute approximate surface area is 138 Å². The molecule has 2 N–H and O–H groups in total. The van der Waals surface area contributed by atoms with Crippen LogP contribution in [0.3, 0.4) is 0 Å². The fraction of sp³-hybridized carbons (Fsp3) is 0.118. The van der Waals surface area contributed by atoms with Crippen LogP contribution in [0, 0.1) is 5.82 Å². The van der Waals surface area contributed by atoms with Gasteiger partial charge in [-0.25, -0.2) is 4.39 Å². The molecular formula is C17H15FN4S. The van der Waals surface area contributed by atoms with Crippen molar-refractivity contribution in [2.45, 2.75) is 13.3 Å². The van der Waals surface area contributed by atoms with E-state index in [2.05, 4.69) is 20.5 Å². The Balaban J connectivity index is 2.13. The van der Waals surface area contributed by atoms with Gasteiger partial charge < -0.3 is 5.32 Å². The second-order valence-corrected chi connectivity index (χ2v) is 5.46. The highest BCUT2D eigenvalue weighted by molar-refractivity contribution is 7.80. The van der Waals surface area contributed by atoms with E-state index in [9.17, 15) is 4.39 Å². The highest BCUT2D eigenvalue weighted by atomic mass is 32.1. The predicted molar refractivity (Wildman–Crippen MR) is 93.7 cm³/mol. The van der Waals surface area contributed by atoms with Gasteiger partial charge in [-0.2, -0.15) is 5.10 Å². The lowest BCUT2D eigenvalue weighted by molar-refractivity contribution is 0.628. The number of nitrogens with zero attached hydrogens (tertiary/aromatic N) is 2. The number of halogens is 1. The fourth-order valence-corrected chi connectivity index (χ4v) is 2.37. The highest BCUT2D eigenvalue weighted by Gasteiger charge is 2.17. The first-order valence-corrected chi connectivity index (χ1v) is 7.64. The van der Waals surface area contributed by atoms with Gasteiger partial charge in [0, 0.05) is 18.0 Å². The van der Waals surface area contributed by atoms with Gasteiger partial charge in [0.15, 0.2) is 5.82 Å². The number of hydrogen-bond acceptors (Lipinski definition) is 3. The molecule has 0 radical (unpaired) electrons. The molecule has 2 heterocycles. The average molecular weight is 326 g/mol. The van der Waals surface area contributed by atoms with Crippen LogP contribution in [0.2, 0.25) is 0 Å². The zero-order valence-electron chi connectivity index (χ0n) is 12.5. The number of aromatic amines is 1. The Morgan fingerprint density at radius 1 is 1.13 bits per heavy atom. The minimum Gasteiger partial charge on any atom is -0.333 e. The standard InChI is InChI=1S/C17H15FN4S/c1-2-14(23)20-17-15(11-7-9-19-10-8-11)16(21-22-17)12-3-5-13(18)6-4-12/h3-10H,2H2,1H3,(H2,20,21,22,23). The molecule has 0 saturated carbocycles. The van der Waals surface area contributed by atoms with E-state index in [0.717, 1.165) is 28.8 Å². The number of pyridine rings is 1. The van der Waals surface area contributed by atoms with Gasteiger partial charge in [0.25, 0.3) is 0 Å². The van der Waals surface area contributed by atoms with Crippen molar-refractivity contribution in [2.24, 2.45) is 0 Å². The van der Waals surface area contributed by atoms with Gasteiger partial charge in [-0.15, -0.1) is 0 Å². The van der Waals surface area contributed by atoms with Gasteiger partial charge in [0.2, 0.25) is 0 Å². The Morgan fingerprint density at radius 2 is 1.83 bits per heavy atom. The second-order valence-electron chi connectivity index (χ2n) is 4.97.